The summed E-state index contributed by atoms with van der Waals surface area (Å²) in [7, 11) is 1.63. The van der Waals surface area contributed by atoms with Gasteiger partial charge in [0.15, 0.2) is 0 Å². The van der Waals surface area contributed by atoms with Crippen LogP contribution in [0.1, 0.15) is 29.6 Å². The second kappa shape index (κ2) is 5.92. The van der Waals surface area contributed by atoms with Crippen molar-refractivity contribution in [2.45, 2.75) is 25.4 Å². The Morgan fingerprint density at radius 3 is 2.80 bits per heavy atom. The number of nitrogens with zero attached hydrogens (tertiary/aromatic N) is 1. The van der Waals surface area contributed by atoms with Crippen molar-refractivity contribution >= 4 is 23.3 Å². The fourth-order valence-electron chi connectivity index (χ4n) is 2.26. The van der Waals surface area contributed by atoms with Crippen molar-refractivity contribution in [2.24, 2.45) is 0 Å². The Labute approximate surface area is 117 Å². The molecule has 1 unspecified atom stereocenters. The number of carbonyl (C=O) groups excluding carboxylic acids is 1. The number of carboxylic acid groups (broad SMARTS) is 1. The standard InChI is InChI=1S/C14H18N2O4/c1-16(13(17)8-10-3-2-6-20-10)12-5-4-9(14(18)19)7-11(12)15/h4-5,7,10H,2-3,6,8,15H2,1H3,(H,18,19). The number of amides is 1. The van der Waals surface area contributed by atoms with E-state index in [0.29, 0.717) is 18.7 Å². The lowest BCUT2D eigenvalue weighted by molar-refractivity contribution is -0.120. The first-order valence-corrected chi connectivity index (χ1v) is 6.50. The van der Waals surface area contributed by atoms with Gasteiger partial charge >= 0.3 is 5.97 Å². The molecule has 1 aromatic carbocycles. The molecule has 1 atom stereocenters. The molecule has 6 nitrogen and oxygen atoms in total. The zero-order chi connectivity index (χ0) is 14.7. The van der Waals surface area contributed by atoms with Crippen LogP contribution in [-0.4, -0.2) is 36.7 Å². The maximum absolute atomic E-state index is 12.1. The summed E-state index contributed by atoms with van der Waals surface area (Å²) in [4.78, 5) is 24.4. The molecule has 3 N–H and O–H groups in total. The number of rotatable bonds is 4. The highest BCUT2D eigenvalue weighted by molar-refractivity contribution is 5.98. The highest BCUT2D eigenvalue weighted by Gasteiger charge is 2.22. The van der Waals surface area contributed by atoms with Gasteiger partial charge in [-0.15, -0.1) is 0 Å². The lowest BCUT2D eigenvalue weighted by atomic mass is 10.1. The van der Waals surface area contributed by atoms with E-state index in [1.807, 2.05) is 0 Å². The molecule has 1 fully saturated rings. The smallest absolute Gasteiger partial charge is 0.335 e. The lowest BCUT2D eigenvalue weighted by Crippen LogP contribution is -2.30. The molecule has 2 rings (SSSR count). The molecule has 0 aliphatic carbocycles. The topological polar surface area (TPSA) is 92.9 Å². The van der Waals surface area contributed by atoms with Crippen molar-refractivity contribution in [1.29, 1.82) is 0 Å². The Kier molecular flexibility index (Phi) is 4.24. The fraction of sp³-hybridized carbons (Fsp3) is 0.429. The monoisotopic (exact) mass is 278 g/mol. The molecule has 1 aliphatic heterocycles. The van der Waals surface area contributed by atoms with E-state index in [0.717, 1.165) is 12.8 Å². The summed E-state index contributed by atoms with van der Waals surface area (Å²) in [6.07, 6.45) is 2.17. The Bertz CT molecular complexity index is 524. The molecule has 20 heavy (non-hydrogen) atoms. The summed E-state index contributed by atoms with van der Waals surface area (Å²) < 4.78 is 5.43. The third-order valence-corrected chi connectivity index (χ3v) is 3.44. The van der Waals surface area contributed by atoms with Gasteiger partial charge in [-0.3, -0.25) is 4.79 Å². The Balaban J connectivity index is 2.09. The summed E-state index contributed by atoms with van der Waals surface area (Å²) in [5, 5.41) is 8.89. The Morgan fingerprint density at radius 2 is 2.25 bits per heavy atom. The number of anilines is 2. The molecule has 1 aromatic rings. The van der Waals surface area contributed by atoms with Gasteiger partial charge in [0.05, 0.1) is 29.5 Å². The highest BCUT2D eigenvalue weighted by atomic mass is 16.5. The normalized spacial score (nSPS) is 17.9. The molecule has 1 heterocycles. The minimum absolute atomic E-state index is 0.0236. The highest BCUT2D eigenvalue weighted by Crippen LogP contribution is 2.25. The summed E-state index contributed by atoms with van der Waals surface area (Å²) in [6, 6.07) is 4.34. The molecule has 1 amide bonds. The maximum atomic E-state index is 12.1. The lowest BCUT2D eigenvalue weighted by Gasteiger charge is -2.21. The van der Waals surface area contributed by atoms with E-state index >= 15 is 0 Å². The number of hydrogen-bond acceptors (Lipinski definition) is 4. The first kappa shape index (κ1) is 14.3. The van der Waals surface area contributed by atoms with E-state index in [1.165, 1.54) is 17.0 Å². The predicted octanol–water partition coefficient (Wildman–Crippen LogP) is 1.50. The first-order valence-electron chi connectivity index (χ1n) is 6.50. The fourth-order valence-corrected chi connectivity index (χ4v) is 2.26. The van der Waals surface area contributed by atoms with Gasteiger partial charge in [-0.1, -0.05) is 0 Å². The third-order valence-electron chi connectivity index (χ3n) is 3.44. The van der Waals surface area contributed by atoms with E-state index in [-0.39, 0.29) is 23.3 Å². The number of carboxylic acids is 1. The molecule has 6 heteroatoms. The maximum Gasteiger partial charge on any atom is 0.335 e. The van der Waals surface area contributed by atoms with Crippen LogP contribution in [0.25, 0.3) is 0 Å². The number of aromatic carboxylic acids is 1. The minimum Gasteiger partial charge on any atom is -0.478 e. The van der Waals surface area contributed by atoms with Crippen LogP contribution in [0.4, 0.5) is 11.4 Å². The van der Waals surface area contributed by atoms with Crippen LogP contribution in [0.2, 0.25) is 0 Å². The number of carbonyl (C=O) groups is 2. The van der Waals surface area contributed by atoms with Gasteiger partial charge in [0, 0.05) is 13.7 Å². The van der Waals surface area contributed by atoms with Crippen LogP contribution >= 0.6 is 0 Å². The average Bonchev–Trinajstić information content (AvgIpc) is 2.90. The number of benzene rings is 1. The van der Waals surface area contributed by atoms with Gasteiger partial charge < -0.3 is 20.5 Å². The molecule has 0 aromatic heterocycles. The van der Waals surface area contributed by atoms with Crippen molar-refractivity contribution in [3.63, 3.8) is 0 Å². The largest absolute Gasteiger partial charge is 0.478 e. The molecule has 0 saturated carbocycles. The minimum atomic E-state index is -1.04. The number of nitrogens with two attached hydrogens (primary N) is 1. The molecular weight excluding hydrogens is 260 g/mol. The summed E-state index contributed by atoms with van der Waals surface area (Å²) in [6.45, 7) is 0.705. The summed E-state index contributed by atoms with van der Waals surface area (Å²) >= 11 is 0. The van der Waals surface area contributed by atoms with Gasteiger partial charge in [-0.25, -0.2) is 4.79 Å². The zero-order valence-electron chi connectivity index (χ0n) is 11.3. The van der Waals surface area contributed by atoms with Gasteiger partial charge in [0.1, 0.15) is 0 Å². The van der Waals surface area contributed by atoms with Crippen LogP contribution in [0.3, 0.4) is 0 Å². The Morgan fingerprint density at radius 1 is 1.50 bits per heavy atom. The molecular formula is C14H18N2O4. The molecule has 1 aliphatic rings. The van der Waals surface area contributed by atoms with Gasteiger partial charge in [-0.05, 0) is 31.0 Å². The van der Waals surface area contributed by atoms with Crippen molar-refractivity contribution in [3.05, 3.63) is 23.8 Å². The molecule has 0 bridgehead atoms. The van der Waals surface area contributed by atoms with Crippen molar-refractivity contribution in [2.75, 3.05) is 24.3 Å². The van der Waals surface area contributed by atoms with Crippen molar-refractivity contribution in [1.82, 2.24) is 0 Å². The number of hydrogen-bond donors (Lipinski definition) is 2. The Hall–Kier alpha value is -2.08. The zero-order valence-corrected chi connectivity index (χ0v) is 11.3. The third kappa shape index (κ3) is 3.08. The second-order valence-corrected chi connectivity index (χ2v) is 4.87. The summed E-state index contributed by atoms with van der Waals surface area (Å²) in [5.41, 5.74) is 6.70. The van der Waals surface area contributed by atoms with Gasteiger partial charge in [0.2, 0.25) is 5.91 Å². The number of nitrogen functional groups attached to an aromatic ring is 1. The van der Waals surface area contributed by atoms with Gasteiger partial charge in [0.25, 0.3) is 0 Å². The van der Waals surface area contributed by atoms with E-state index in [4.69, 9.17) is 15.6 Å². The van der Waals surface area contributed by atoms with Crippen LogP contribution in [-0.2, 0) is 9.53 Å². The average molecular weight is 278 g/mol. The van der Waals surface area contributed by atoms with Crippen LogP contribution in [0.5, 0.6) is 0 Å². The van der Waals surface area contributed by atoms with Crippen molar-refractivity contribution in [3.8, 4) is 0 Å². The van der Waals surface area contributed by atoms with Gasteiger partial charge in [-0.2, -0.15) is 0 Å². The van der Waals surface area contributed by atoms with E-state index in [1.54, 1.807) is 13.1 Å². The molecule has 1 saturated heterocycles. The first-order chi connectivity index (χ1) is 9.49. The summed E-state index contributed by atoms with van der Waals surface area (Å²) in [5.74, 6) is -1.14. The quantitative estimate of drug-likeness (QED) is 0.814. The van der Waals surface area contributed by atoms with Crippen LogP contribution in [0.15, 0.2) is 18.2 Å². The molecule has 0 radical (unpaired) electrons. The van der Waals surface area contributed by atoms with E-state index < -0.39 is 5.97 Å². The van der Waals surface area contributed by atoms with E-state index in [2.05, 4.69) is 0 Å². The van der Waals surface area contributed by atoms with Crippen LogP contribution in [0, 0.1) is 0 Å². The molecule has 108 valence electrons. The second-order valence-electron chi connectivity index (χ2n) is 4.87. The van der Waals surface area contributed by atoms with E-state index in [9.17, 15) is 9.59 Å². The predicted molar refractivity (Wildman–Crippen MR) is 74.8 cm³/mol. The SMILES string of the molecule is CN(C(=O)CC1CCCO1)c1ccc(C(=O)O)cc1N. The number of ether oxygens (including phenoxy) is 1. The molecule has 0 spiro atoms. The van der Waals surface area contributed by atoms with Crippen molar-refractivity contribution < 1.29 is 19.4 Å². The van der Waals surface area contributed by atoms with Crippen LogP contribution < -0.4 is 10.6 Å².